The number of pyridine rings is 1. The molecule has 0 unspecified atom stereocenters. The lowest BCUT2D eigenvalue weighted by Crippen LogP contribution is -2.28. The molecule has 1 aliphatic heterocycles. The van der Waals surface area contributed by atoms with E-state index in [0.29, 0.717) is 0 Å². The van der Waals surface area contributed by atoms with E-state index in [1.165, 1.54) is 42.8 Å². The molecule has 1 saturated heterocycles. The van der Waals surface area contributed by atoms with Crippen molar-refractivity contribution in [3.8, 4) is 11.3 Å². The molecular weight excluding hydrogens is 340 g/mol. The molecule has 134 valence electrons. The average Bonchev–Trinajstić information content (AvgIpc) is 3.05. The molecule has 0 spiro atoms. The third kappa shape index (κ3) is 4.11. The molecule has 3 aromatic rings. The maximum atomic E-state index is 4.92. The SMILES string of the molecule is Cc1cccc(Nc2nc(-c3ccncc3)c(CN3CCCCC3)s2)c1. The third-order valence-electron chi connectivity index (χ3n) is 4.74. The molecule has 0 amide bonds. The second-order valence-corrected chi connectivity index (χ2v) is 7.94. The number of hydrogen-bond donors (Lipinski definition) is 1. The zero-order chi connectivity index (χ0) is 17.8. The second-order valence-electron chi connectivity index (χ2n) is 6.86. The summed E-state index contributed by atoms with van der Waals surface area (Å²) in [5, 5.41) is 4.44. The summed E-state index contributed by atoms with van der Waals surface area (Å²) in [5.41, 5.74) is 4.55. The van der Waals surface area contributed by atoms with E-state index in [1.54, 1.807) is 11.3 Å². The maximum absolute atomic E-state index is 4.92. The van der Waals surface area contributed by atoms with Crippen molar-refractivity contribution >= 4 is 22.2 Å². The number of thiazole rings is 1. The molecule has 3 heterocycles. The van der Waals surface area contributed by atoms with Gasteiger partial charge in [-0.3, -0.25) is 9.88 Å². The molecule has 1 N–H and O–H groups in total. The average molecular weight is 365 g/mol. The first-order chi connectivity index (χ1) is 12.8. The number of benzene rings is 1. The van der Waals surface area contributed by atoms with E-state index in [2.05, 4.69) is 46.4 Å². The van der Waals surface area contributed by atoms with E-state index in [-0.39, 0.29) is 0 Å². The third-order valence-corrected chi connectivity index (χ3v) is 5.69. The Balaban J connectivity index is 1.63. The fourth-order valence-electron chi connectivity index (χ4n) is 3.41. The zero-order valence-electron chi connectivity index (χ0n) is 15.1. The highest BCUT2D eigenvalue weighted by molar-refractivity contribution is 7.16. The minimum Gasteiger partial charge on any atom is -0.332 e. The zero-order valence-corrected chi connectivity index (χ0v) is 15.9. The summed E-state index contributed by atoms with van der Waals surface area (Å²) >= 11 is 1.76. The van der Waals surface area contributed by atoms with Crippen molar-refractivity contribution < 1.29 is 0 Å². The largest absolute Gasteiger partial charge is 0.332 e. The number of hydrogen-bond acceptors (Lipinski definition) is 5. The molecule has 5 heteroatoms. The summed E-state index contributed by atoms with van der Waals surface area (Å²) < 4.78 is 0. The van der Waals surface area contributed by atoms with E-state index >= 15 is 0 Å². The van der Waals surface area contributed by atoms with Gasteiger partial charge in [0, 0.05) is 35.1 Å². The van der Waals surface area contributed by atoms with Crippen LogP contribution in [0.15, 0.2) is 48.8 Å². The number of likely N-dealkylation sites (tertiary alicyclic amines) is 1. The van der Waals surface area contributed by atoms with Crippen molar-refractivity contribution in [2.24, 2.45) is 0 Å². The van der Waals surface area contributed by atoms with Crippen LogP contribution in [-0.2, 0) is 6.54 Å². The van der Waals surface area contributed by atoms with Gasteiger partial charge in [0.15, 0.2) is 5.13 Å². The topological polar surface area (TPSA) is 41.1 Å². The van der Waals surface area contributed by atoms with Crippen LogP contribution in [0.3, 0.4) is 0 Å². The molecule has 2 aromatic heterocycles. The van der Waals surface area contributed by atoms with E-state index in [9.17, 15) is 0 Å². The van der Waals surface area contributed by atoms with Gasteiger partial charge in [0.25, 0.3) is 0 Å². The van der Waals surface area contributed by atoms with Gasteiger partial charge >= 0.3 is 0 Å². The predicted molar refractivity (Wildman–Crippen MR) is 109 cm³/mol. The lowest BCUT2D eigenvalue weighted by molar-refractivity contribution is 0.223. The van der Waals surface area contributed by atoms with Crippen LogP contribution in [0.2, 0.25) is 0 Å². The van der Waals surface area contributed by atoms with E-state index in [0.717, 1.165) is 28.6 Å². The highest BCUT2D eigenvalue weighted by atomic mass is 32.1. The molecule has 0 radical (unpaired) electrons. The summed E-state index contributed by atoms with van der Waals surface area (Å²) in [4.78, 5) is 13.0. The minimum absolute atomic E-state index is 0.953. The van der Waals surface area contributed by atoms with Gasteiger partial charge in [-0.1, -0.05) is 29.9 Å². The van der Waals surface area contributed by atoms with Crippen molar-refractivity contribution in [2.45, 2.75) is 32.7 Å². The van der Waals surface area contributed by atoms with Crippen LogP contribution < -0.4 is 5.32 Å². The van der Waals surface area contributed by atoms with Crippen molar-refractivity contribution in [3.05, 3.63) is 59.2 Å². The monoisotopic (exact) mass is 364 g/mol. The quantitative estimate of drug-likeness (QED) is 0.672. The Bertz CT molecular complexity index is 853. The van der Waals surface area contributed by atoms with Gasteiger partial charge in [-0.2, -0.15) is 0 Å². The Hall–Kier alpha value is -2.24. The van der Waals surface area contributed by atoms with Gasteiger partial charge in [-0.05, 0) is 62.7 Å². The molecule has 4 nitrogen and oxygen atoms in total. The highest BCUT2D eigenvalue weighted by Gasteiger charge is 2.18. The Morgan fingerprint density at radius 2 is 1.88 bits per heavy atom. The van der Waals surface area contributed by atoms with Crippen molar-refractivity contribution in [1.82, 2.24) is 14.9 Å². The normalized spacial score (nSPS) is 15.1. The highest BCUT2D eigenvalue weighted by Crippen LogP contribution is 2.34. The molecule has 26 heavy (non-hydrogen) atoms. The summed E-state index contributed by atoms with van der Waals surface area (Å²) in [6, 6.07) is 12.5. The molecule has 0 bridgehead atoms. The first-order valence-corrected chi connectivity index (χ1v) is 10.1. The molecule has 1 aliphatic rings. The van der Waals surface area contributed by atoms with Crippen LogP contribution in [0.25, 0.3) is 11.3 Å². The van der Waals surface area contributed by atoms with Gasteiger partial charge < -0.3 is 5.32 Å². The Labute approximate surface area is 158 Å². The Morgan fingerprint density at radius 3 is 2.65 bits per heavy atom. The lowest BCUT2D eigenvalue weighted by atomic mass is 10.1. The van der Waals surface area contributed by atoms with Crippen LogP contribution in [0, 0.1) is 6.92 Å². The number of rotatable bonds is 5. The fourth-order valence-corrected chi connectivity index (χ4v) is 4.46. The molecule has 0 aliphatic carbocycles. The fraction of sp³-hybridized carbons (Fsp3) is 0.333. The van der Waals surface area contributed by atoms with Gasteiger partial charge in [-0.25, -0.2) is 4.98 Å². The van der Waals surface area contributed by atoms with Crippen LogP contribution in [0.5, 0.6) is 0 Å². The number of nitrogens with zero attached hydrogens (tertiary/aromatic N) is 3. The first-order valence-electron chi connectivity index (χ1n) is 9.24. The maximum Gasteiger partial charge on any atom is 0.188 e. The van der Waals surface area contributed by atoms with E-state index in [4.69, 9.17) is 4.98 Å². The van der Waals surface area contributed by atoms with Crippen molar-refractivity contribution in [1.29, 1.82) is 0 Å². The van der Waals surface area contributed by atoms with Crippen molar-refractivity contribution in [2.75, 3.05) is 18.4 Å². The predicted octanol–water partition coefficient (Wildman–Crippen LogP) is 5.24. The first kappa shape index (κ1) is 17.2. The van der Waals surface area contributed by atoms with Gasteiger partial charge in [0.1, 0.15) is 0 Å². The van der Waals surface area contributed by atoms with Crippen LogP contribution in [-0.4, -0.2) is 28.0 Å². The lowest BCUT2D eigenvalue weighted by Gasteiger charge is -2.26. The Kier molecular flexibility index (Phi) is 5.27. The summed E-state index contributed by atoms with van der Waals surface area (Å²) in [6.07, 6.45) is 7.65. The number of nitrogens with one attached hydrogen (secondary N) is 1. The second kappa shape index (κ2) is 7.98. The standard InChI is InChI=1S/C21H24N4S/c1-16-6-5-7-18(14-16)23-21-24-20(17-8-10-22-11-9-17)19(26-21)15-25-12-3-2-4-13-25/h5-11,14H,2-4,12-13,15H2,1H3,(H,23,24). The summed E-state index contributed by atoms with van der Waals surface area (Å²) in [6.45, 7) is 5.46. The van der Waals surface area contributed by atoms with Gasteiger partial charge in [0.2, 0.25) is 0 Å². The summed E-state index contributed by atoms with van der Waals surface area (Å²) in [5.74, 6) is 0. The molecule has 1 fully saturated rings. The van der Waals surface area contributed by atoms with E-state index < -0.39 is 0 Å². The summed E-state index contributed by atoms with van der Waals surface area (Å²) in [7, 11) is 0. The molecule has 1 aromatic carbocycles. The van der Waals surface area contributed by atoms with E-state index in [1.807, 2.05) is 24.5 Å². The van der Waals surface area contributed by atoms with Crippen LogP contribution in [0.4, 0.5) is 10.8 Å². The number of anilines is 2. The molecule has 4 rings (SSSR count). The smallest absolute Gasteiger partial charge is 0.188 e. The Morgan fingerprint density at radius 1 is 1.08 bits per heavy atom. The molecule has 0 saturated carbocycles. The van der Waals surface area contributed by atoms with Gasteiger partial charge in [0.05, 0.1) is 5.69 Å². The van der Waals surface area contributed by atoms with Gasteiger partial charge in [-0.15, -0.1) is 0 Å². The number of aryl methyl sites for hydroxylation is 1. The number of piperidine rings is 1. The van der Waals surface area contributed by atoms with Crippen LogP contribution in [0.1, 0.15) is 29.7 Å². The number of aromatic nitrogens is 2. The van der Waals surface area contributed by atoms with Crippen LogP contribution >= 0.6 is 11.3 Å². The minimum atomic E-state index is 0.953. The van der Waals surface area contributed by atoms with Crippen molar-refractivity contribution in [3.63, 3.8) is 0 Å². The molecule has 0 atom stereocenters. The molecular formula is C21H24N4S.